The zero-order chi connectivity index (χ0) is 21.9. The Balaban J connectivity index is 1.60. The van der Waals surface area contributed by atoms with Gasteiger partial charge < -0.3 is 15.5 Å². The Hall–Kier alpha value is -2.73. The van der Waals surface area contributed by atoms with Crippen LogP contribution in [-0.4, -0.2) is 50.4 Å². The van der Waals surface area contributed by atoms with E-state index < -0.39 is 11.7 Å². The van der Waals surface area contributed by atoms with Crippen molar-refractivity contribution in [3.8, 4) is 0 Å². The summed E-state index contributed by atoms with van der Waals surface area (Å²) in [5, 5.41) is 5.52. The van der Waals surface area contributed by atoms with E-state index in [2.05, 4.69) is 29.7 Å². The van der Waals surface area contributed by atoms with E-state index in [1.807, 2.05) is 37.2 Å². The molecule has 3 rings (SSSR count). The molecule has 6 heteroatoms. The van der Waals surface area contributed by atoms with Gasteiger partial charge in [0.05, 0.1) is 5.56 Å². The Morgan fingerprint density at radius 3 is 2.50 bits per heavy atom. The molecule has 0 aliphatic heterocycles. The molecule has 0 radical (unpaired) electrons. The maximum atomic E-state index is 14.3. The van der Waals surface area contributed by atoms with Crippen LogP contribution in [0.3, 0.4) is 0 Å². The Bertz CT molecular complexity index is 916. The van der Waals surface area contributed by atoms with E-state index in [1.165, 1.54) is 24.7 Å². The number of carbonyl (C=O) groups is 2. The van der Waals surface area contributed by atoms with E-state index in [0.29, 0.717) is 13.0 Å². The highest BCUT2D eigenvalue weighted by Gasteiger charge is 2.55. The lowest BCUT2D eigenvalue weighted by molar-refractivity contribution is -0.122. The fourth-order valence-corrected chi connectivity index (χ4v) is 3.94. The normalized spacial score (nSPS) is 21.2. The summed E-state index contributed by atoms with van der Waals surface area (Å²) < 4.78 is 14.3. The summed E-state index contributed by atoms with van der Waals surface area (Å²) in [5.74, 6) is -0.937. The highest BCUT2D eigenvalue weighted by atomic mass is 19.1. The molecule has 30 heavy (non-hydrogen) atoms. The van der Waals surface area contributed by atoms with Crippen LogP contribution in [0.4, 0.5) is 4.39 Å². The zero-order valence-electron chi connectivity index (χ0n) is 18.0. The van der Waals surface area contributed by atoms with E-state index in [-0.39, 0.29) is 28.8 Å². The van der Waals surface area contributed by atoms with Gasteiger partial charge in [-0.2, -0.15) is 0 Å². The molecule has 2 aromatic carbocycles. The highest BCUT2D eigenvalue weighted by Crippen LogP contribution is 2.53. The first-order chi connectivity index (χ1) is 14.3. The molecule has 3 atom stereocenters. The average molecular weight is 412 g/mol. The van der Waals surface area contributed by atoms with Crippen LogP contribution in [0.5, 0.6) is 0 Å². The molecule has 0 spiro atoms. The third-order valence-electron chi connectivity index (χ3n) is 6.21. The molecule has 0 heterocycles. The number of nitrogens with zero attached hydrogens (tertiary/aromatic N) is 1. The van der Waals surface area contributed by atoms with E-state index in [9.17, 15) is 14.0 Å². The molecule has 1 fully saturated rings. The molecule has 0 aromatic heterocycles. The molecule has 0 saturated heterocycles. The van der Waals surface area contributed by atoms with Gasteiger partial charge in [0.1, 0.15) is 5.82 Å². The second kappa shape index (κ2) is 8.96. The second-order valence-corrected chi connectivity index (χ2v) is 8.50. The number of rotatable bonds is 8. The fraction of sp³-hybridized carbons (Fsp3) is 0.417. The molecule has 2 aromatic rings. The summed E-state index contributed by atoms with van der Waals surface area (Å²) in [6.07, 6.45) is 1.42. The molecule has 5 nitrogen and oxygen atoms in total. The maximum Gasteiger partial charge on any atom is 0.253 e. The first kappa shape index (κ1) is 22.0. The van der Waals surface area contributed by atoms with Crippen LogP contribution in [-0.2, 0) is 16.6 Å². The lowest BCUT2D eigenvalue weighted by atomic mass is 9.95. The number of hydrogen-bond acceptors (Lipinski definition) is 3. The first-order valence-corrected chi connectivity index (χ1v) is 10.3. The molecular formula is C24H30FN3O2. The predicted molar refractivity (Wildman–Crippen MR) is 116 cm³/mol. The Kier molecular flexibility index (Phi) is 6.56. The van der Waals surface area contributed by atoms with Crippen molar-refractivity contribution in [2.75, 3.05) is 27.7 Å². The molecule has 0 unspecified atom stereocenters. The van der Waals surface area contributed by atoms with E-state index in [1.54, 1.807) is 6.07 Å². The summed E-state index contributed by atoms with van der Waals surface area (Å²) in [5.41, 5.74) is 1.91. The van der Waals surface area contributed by atoms with E-state index in [4.69, 9.17) is 0 Å². The zero-order valence-corrected chi connectivity index (χ0v) is 18.0. The smallest absolute Gasteiger partial charge is 0.253 e. The first-order valence-electron chi connectivity index (χ1n) is 10.3. The topological polar surface area (TPSA) is 61.4 Å². The van der Waals surface area contributed by atoms with Gasteiger partial charge in [0.15, 0.2) is 0 Å². The lowest BCUT2D eigenvalue weighted by Crippen LogP contribution is -2.42. The molecule has 0 bridgehead atoms. The quantitative estimate of drug-likeness (QED) is 0.702. The van der Waals surface area contributed by atoms with Gasteiger partial charge in [-0.15, -0.1) is 0 Å². The Labute approximate surface area is 177 Å². The number of nitrogens with one attached hydrogen (secondary N) is 2. The molecule has 1 aliphatic carbocycles. The Morgan fingerprint density at radius 2 is 1.90 bits per heavy atom. The van der Waals surface area contributed by atoms with Crippen molar-refractivity contribution in [1.29, 1.82) is 0 Å². The van der Waals surface area contributed by atoms with E-state index >= 15 is 0 Å². The van der Waals surface area contributed by atoms with Gasteiger partial charge in [-0.05, 0) is 50.2 Å². The minimum Gasteiger partial charge on any atom is -0.355 e. The maximum absolute atomic E-state index is 14.3. The predicted octanol–water partition coefficient (Wildman–Crippen LogP) is 2.75. The fourth-order valence-electron chi connectivity index (χ4n) is 3.94. The van der Waals surface area contributed by atoms with Crippen LogP contribution in [0.15, 0.2) is 48.5 Å². The van der Waals surface area contributed by atoms with Crippen LogP contribution in [0.1, 0.15) is 34.8 Å². The van der Waals surface area contributed by atoms with Crippen molar-refractivity contribution in [3.05, 3.63) is 71.0 Å². The van der Waals surface area contributed by atoms with Crippen molar-refractivity contribution >= 4 is 11.8 Å². The van der Waals surface area contributed by atoms with Crippen molar-refractivity contribution in [1.82, 2.24) is 15.5 Å². The van der Waals surface area contributed by atoms with Gasteiger partial charge in [-0.1, -0.05) is 43.3 Å². The molecule has 2 N–H and O–H groups in total. The van der Waals surface area contributed by atoms with Gasteiger partial charge in [-0.3, -0.25) is 9.59 Å². The molecular weight excluding hydrogens is 381 g/mol. The lowest BCUT2D eigenvalue weighted by Gasteiger charge is -2.25. The van der Waals surface area contributed by atoms with Crippen molar-refractivity contribution < 1.29 is 14.0 Å². The monoisotopic (exact) mass is 411 g/mol. The summed E-state index contributed by atoms with van der Waals surface area (Å²) in [7, 11) is 5.36. The molecule has 1 aliphatic rings. The van der Waals surface area contributed by atoms with Crippen LogP contribution < -0.4 is 10.6 Å². The van der Waals surface area contributed by atoms with Gasteiger partial charge >= 0.3 is 0 Å². The molecule has 1 saturated carbocycles. The van der Waals surface area contributed by atoms with Crippen molar-refractivity contribution in [2.24, 2.45) is 5.92 Å². The van der Waals surface area contributed by atoms with Crippen LogP contribution in [0.2, 0.25) is 0 Å². The highest BCUT2D eigenvalue weighted by molar-refractivity contribution is 5.94. The largest absolute Gasteiger partial charge is 0.355 e. The number of carbonyl (C=O) groups excluding carboxylic acids is 2. The summed E-state index contributed by atoms with van der Waals surface area (Å²) >= 11 is 0. The van der Waals surface area contributed by atoms with Crippen LogP contribution in [0.25, 0.3) is 0 Å². The second-order valence-electron chi connectivity index (χ2n) is 8.50. The van der Waals surface area contributed by atoms with Crippen LogP contribution >= 0.6 is 0 Å². The minimum absolute atomic E-state index is 0.0148. The van der Waals surface area contributed by atoms with Gasteiger partial charge in [0, 0.05) is 31.0 Å². The molecule has 160 valence electrons. The van der Waals surface area contributed by atoms with Crippen molar-refractivity contribution in [2.45, 2.75) is 31.2 Å². The Morgan fingerprint density at radius 1 is 1.20 bits per heavy atom. The standard InChI is InChI=1S/C24H30FN3O2/c1-24(17-8-6-5-7-9-17)14-20(24)23(30)27-15-18(28(3)4)12-16-10-11-19(21(25)13-16)22(29)26-2/h5-11,13,18,20H,12,14-15H2,1-4H3,(H,26,29)(H,27,30)/t18-,20+,24+/m0/s1. The molecule has 2 amide bonds. The summed E-state index contributed by atoms with van der Waals surface area (Å²) in [4.78, 5) is 26.4. The number of amides is 2. The third kappa shape index (κ3) is 4.70. The number of likely N-dealkylation sites (N-methyl/N-ethyl adjacent to an activating group) is 1. The van der Waals surface area contributed by atoms with Crippen molar-refractivity contribution in [3.63, 3.8) is 0 Å². The van der Waals surface area contributed by atoms with Crippen LogP contribution in [0, 0.1) is 11.7 Å². The van der Waals surface area contributed by atoms with Gasteiger partial charge in [0.25, 0.3) is 5.91 Å². The van der Waals surface area contributed by atoms with Gasteiger partial charge in [-0.25, -0.2) is 4.39 Å². The number of hydrogen-bond donors (Lipinski definition) is 2. The minimum atomic E-state index is -0.537. The van der Waals surface area contributed by atoms with Gasteiger partial charge in [0.2, 0.25) is 5.91 Å². The summed E-state index contributed by atoms with van der Waals surface area (Å²) in [6, 6.07) is 14.8. The number of halogens is 1. The number of benzene rings is 2. The van der Waals surface area contributed by atoms with E-state index in [0.717, 1.165) is 12.0 Å². The average Bonchev–Trinajstić information content (AvgIpc) is 3.44. The third-order valence-corrected chi connectivity index (χ3v) is 6.21. The SMILES string of the molecule is CNC(=O)c1ccc(C[C@@H](CNC(=O)[C@H]2C[C@]2(C)c2ccccc2)N(C)C)cc1F. The summed E-state index contributed by atoms with van der Waals surface area (Å²) in [6.45, 7) is 2.61.